The van der Waals surface area contributed by atoms with E-state index in [1.807, 2.05) is 0 Å². The van der Waals surface area contributed by atoms with Gasteiger partial charge in [-0.3, -0.25) is 0 Å². The molecule has 0 radical (unpaired) electrons. The molecule has 5 aromatic rings. The van der Waals surface area contributed by atoms with Crippen molar-refractivity contribution in [2.45, 2.75) is 44.3 Å². The van der Waals surface area contributed by atoms with Crippen molar-refractivity contribution in [2.75, 3.05) is 0 Å². The number of hydrogen-bond acceptors (Lipinski definition) is 2. The molecule has 2 aliphatic rings. The minimum Gasteiger partial charge on any atom is -0.399 e. The summed E-state index contributed by atoms with van der Waals surface area (Å²) in [7, 11) is -0.364. The third-order valence-corrected chi connectivity index (χ3v) is 9.23. The fraction of sp³-hybridized carbons (Fsp3) is 0.189. The molecule has 1 saturated heterocycles. The molecule has 0 bridgehead atoms. The van der Waals surface area contributed by atoms with Gasteiger partial charge in [-0.2, -0.15) is 0 Å². The van der Waals surface area contributed by atoms with E-state index < -0.39 is 5.41 Å². The second kappa shape index (κ2) is 9.06. The van der Waals surface area contributed by atoms with E-state index in [2.05, 4.69) is 155 Å². The van der Waals surface area contributed by atoms with Crippen molar-refractivity contribution < 1.29 is 9.31 Å². The maximum Gasteiger partial charge on any atom is 0.494 e. The van der Waals surface area contributed by atoms with E-state index in [9.17, 15) is 0 Å². The maximum atomic E-state index is 6.30. The van der Waals surface area contributed by atoms with Crippen LogP contribution in [0.3, 0.4) is 0 Å². The lowest BCUT2D eigenvalue weighted by atomic mass is 9.67. The third-order valence-electron chi connectivity index (χ3n) is 9.23. The molecule has 0 atom stereocenters. The summed E-state index contributed by atoms with van der Waals surface area (Å²) in [5.41, 5.74) is 10.1. The summed E-state index contributed by atoms with van der Waals surface area (Å²) in [4.78, 5) is 0. The zero-order chi connectivity index (χ0) is 27.5. The number of fused-ring (bicyclic) bond motifs is 3. The Kier molecular flexibility index (Phi) is 5.68. The molecule has 0 spiro atoms. The first kappa shape index (κ1) is 25.1. The van der Waals surface area contributed by atoms with Gasteiger partial charge >= 0.3 is 7.12 Å². The van der Waals surface area contributed by atoms with Gasteiger partial charge in [0, 0.05) is 0 Å². The predicted molar refractivity (Wildman–Crippen MR) is 165 cm³/mol. The summed E-state index contributed by atoms with van der Waals surface area (Å²) in [6, 6.07) is 46.4. The zero-order valence-electron chi connectivity index (χ0n) is 23.5. The summed E-state index contributed by atoms with van der Waals surface area (Å²) < 4.78 is 12.6. The normalized spacial score (nSPS) is 17.9. The Labute approximate surface area is 237 Å². The van der Waals surface area contributed by atoms with E-state index in [0.29, 0.717) is 0 Å². The number of benzene rings is 5. The van der Waals surface area contributed by atoms with E-state index in [1.54, 1.807) is 0 Å². The highest BCUT2D eigenvalue weighted by Crippen LogP contribution is 2.56. The Balaban J connectivity index is 1.37. The summed E-state index contributed by atoms with van der Waals surface area (Å²) >= 11 is 0. The largest absolute Gasteiger partial charge is 0.494 e. The maximum absolute atomic E-state index is 6.30. The van der Waals surface area contributed by atoms with E-state index >= 15 is 0 Å². The van der Waals surface area contributed by atoms with Crippen molar-refractivity contribution >= 4 is 12.6 Å². The zero-order valence-corrected chi connectivity index (χ0v) is 23.5. The van der Waals surface area contributed by atoms with Gasteiger partial charge in [0.2, 0.25) is 0 Å². The average Bonchev–Trinajstić information content (AvgIpc) is 3.40. The van der Waals surface area contributed by atoms with Gasteiger partial charge < -0.3 is 9.31 Å². The smallest absolute Gasteiger partial charge is 0.399 e. The minimum atomic E-state index is -0.396. The molecule has 1 aliphatic heterocycles. The Morgan fingerprint density at radius 2 is 0.975 bits per heavy atom. The summed E-state index contributed by atoms with van der Waals surface area (Å²) in [6.07, 6.45) is 0. The van der Waals surface area contributed by atoms with Crippen LogP contribution in [0, 0.1) is 0 Å². The van der Waals surface area contributed by atoms with Crippen molar-refractivity contribution in [1.82, 2.24) is 0 Å². The molecule has 2 nitrogen and oxygen atoms in total. The van der Waals surface area contributed by atoms with Crippen LogP contribution >= 0.6 is 0 Å². The van der Waals surface area contributed by atoms with E-state index in [0.717, 1.165) is 5.46 Å². The Morgan fingerprint density at radius 3 is 1.57 bits per heavy atom. The second-order valence-electron chi connectivity index (χ2n) is 12.0. The first-order valence-corrected chi connectivity index (χ1v) is 14.1. The fourth-order valence-electron chi connectivity index (χ4n) is 6.44. The molecule has 1 heterocycles. The van der Waals surface area contributed by atoms with Gasteiger partial charge in [0.15, 0.2) is 0 Å². The number of hydrogen-bond donors (Lipinski definition) is 0. The summed E-state index contributed by atoms with van der Waals surface area (Å²) in [6.45, 7) is 8.37. The molecule has 0 amide bonds. The fourth-order valence-corrected chi connectivity index (χ4v) is 6.44. The van der Waals surface area contributed by atoms with Crippen molar-refractivity contribution in [2.24, 2.45) is 0 Å². The molecule has 7 rings (SSSR count). The van der Waals surface area contributed by atoms with E-state index in [1.165, 1.54) is 44.5 Å². The molecule has 0 N–H and O–H groups in total. The monoisotopic (exact) mass is 520 g/mol. The van der Waals surface area contributed by atoms with Crippen LogP contribution in [-0.2, 0) is 14.7 Å². The molecule has 5 aromatic carbocycles. The van der Waals surface area contributed by atoms with Gasteiger partial charge in [0.1, 0.15) is 0 Å². The highest BCUT2D eigenvalue weighted by Gasteiger charge is 2.51. The van der Waals surface area contributed by atoms with Crippen molar-refractivity contribution in [1.29, 1.82) is 0 Å². The molecule has 0 aromatic heterocycles. The molecule has 1 aliphatic carbocycles. The van der Waals surface area contributed by atoms with Crippen LogP contribution in [0.25, 0.3) is 22.3 Å². The molecule has 0 saturated carbocycles. The van der Waals surface area contributed by atoms with Gasteiger partial charge in [0.25, 0.3) is 0 Å². The third kappa shape index (κ3) is 3.65. The lowest BCUT2D eigenvalue weighted by molar-refractivity contribution is 0.00578. The van der Waals surface area contributed by atoms with Gasteiger partial charge in [-0.05, 0) is 83.7 Å². The molecule has 0 unspecified atom stereocenters. The lowest BCUT2D eigenvalue weighted by Gasteiger charge is -2.34. The van der Waals surface area contributed by atoms with Gasteiger partial charge in [-0.15, -0.1) is 0 Å². The SMILES string of the molecule is CC1(C)OB(c2ccc(-c3ccc4c(c3)C(c3ccccc3)(c3ccccc3)c3ccccc3-4)cc2)OC1(C)C. The van der Waals surface area contributed by atoms with Gasteiger partial charge in [-0.1, -0.05) is 121 Å². The van der Waals surface area contributed by atoms with Crippen LogP contribution in [0.15, 0.2) is 127 Å². The topological polar surface area (TPSA) is 18.5 Å². The first-order valence-electron chi connectivity index (χ1n) is 14.1. The number of rotatable bonds is 4. The minimum absolute atomic E-state index is 0.358. The van der Waals surface area contributed by atoms with Crippen molar-refractivity contribution in [3.63, 3.8) is 0 Å². The highest BCUT2D eigenvalue weighted by molar-refractivity contribution is 6.62. The van der Waals surface area contributed by atoms with Crippen LogP contribution in [0.4, 0.5) is 0 Å². The molecule has 196 valence electrons. The molecular formula is C37H33BO2. The van der Waals surface area contributed by atoms with E-state index in [-0.39, 0.29) is 18.3 Å². The van der Waals surface area contributed by atoms with Crippen LogP contribution in [0.5, 0.6) is 0 Å². The molecular weight excluding hydrogens is 487 g/mol. The Bertz CT molecular complexity index is 1630. The lowest BCUT2D eigenvalue weighted by Crippen LogP contribution is -2.41. The van der Waals surface area contributed by atoms with Crippen LogP contribution in [0.1, 0.15) is 49.9 Å². The molecule has 1 fully saturated rings. The quantitative estimate of drug-likeness (QED) is 0.219. The summed E-state index contributed by atoms with van der Waals surface area (Å²) in [5.74, 6) is 0. The molecule has 40 heavy (non-hydrogen) atoms. The van der Waals surface area contributed by atoms with Crippen LogP contribution in [0.2, 0.25) is 0 Å². The van der Waals surface area contributed by atoms with Gasteiger partial charge in [-0.25, -0.2) is 0 Å². The second-order valence-corrected chi connectivity index (χ2v) is 12.0. The predicted octanol–water partition coefficient (Wildman–Crippen LogP) is 8.02. The van der Waals surface area contributed by atoms with Crippen LogP contribution in [-0.4, -0.2) is 18.3 Å². The molecule has 3 heteroatoms. The average molecular weight is 520 g/mol. The van der Waals surface area contributed by atoms with Crippen molar-refractivity contribution in [3.05, 3.63) is 150 Å². The van der Waals surface area contributed by atoms with Crippen LogP contribution < -0.4 is 5.46 Å². The standard InChI is InChI=1S/C37H33BO2/c1-35(2)36(3,4)40-38(39-35)30-22-19-26(20-23-30)27-21-24-32-31-17-11-12-18-33(31)37(34(32)25-27,28-13-7-5-8-14-28)29-15-9-6-10-16-29/h5-25H,1-4H3. The van der Waals surface area contributed by atoms with E-state index in [4.69, 9.17) is 9.31 Å². The Hall–Kier alpha value is -3.92. The van der Waals surface area contributed by atoms with Crippen molar-refractivity contribution in [3.8, 4) is 22.3 Å². The van der Waals surface area contributed by atoms with Gasteiger partial charge in [0.05, 0.1) is 16.6 Å². The first-order chi connectivity index (χ1) is 19.3. The summed E-state index contributed by atoms with van der Waals surface area (Å²) in [5, 5.41) is 0. The highest BCUT2D eigenvalue weighted by atomic mass is 16.7. The Morgan fingerprint density at radius 1 is 0.475 bits per heavy atom.